The Morgan fingerprint density at radius 2 is 1.62 bits per heavy atom. The number of nitrogens with two attached hydrogens (primary N) is 1. The predicted molar refractivity (Wildman–Crippen MR) is 123 cm³/mol. The Balaban J connectivity index is 1.67. The summed E-state index contributed by atoms with van der Waals surface area (Å²) in [5, 5.41) is 11.1. The van der Waals surface area contributed by atoms with Crippen LogP contribution in [0.25, 0.3) is 0 Å². The van der Waals surface area contributed by atoms with Crippen molar-refractivity contribution in [1.82, 2.24) is 0 Å². The average Bonchev–Trinajstić information content (AvgIpc) is 2.77. The van der Waals surface area contributed by atoms with Crippen LogP contribution in [0.3, 0.4) is 0 Å². The van der Waals surface area contributed by atoms with Gasteiger partial charge in [-0.2, -0.15) is 0 Å². The molecule has 1 amide bonds. The van der Waals surface area contributed by atoms with Crippen molar-refractivity contribution >= 4 is 27.3 Å². The summed E-state index contributed by atoms with van der Waals surface area (Å²) in [6, 6.07) is 19.0. The SMILES string of the molecule is COc1cccc(CNc2ccc(S(N)(=O)=O)cc2)c1OCC(=O)Nc1ccc(C)cc1. The van der Waals surface area contributed by atoms with Crippen molar-refractivity contribution in [2.24, 2.45) is 5.14 Å². The second-order valence-corrected chi connectivity index (χ2v) is 8.64. The molecule has 0 saturated heterocycles. The van der Waals surface area contributed by atoms with Crippen LogP contribution in [0.2, 0.25) is 0 Å². The maximum absolute atomic E-state index is 12.3. The van der Waals surface area contributed by atoms with Gasteiger partial charge in [0.25, 0.3) is 5.91 Å². The van der Waals surface area contributed by atoms with Crippen molar-refractivity contribution in [2.45, 2.75) is 18.4 Å². The van der Waals surface area contributed by atoms with E-state index < -0.39 is 10.0 Å². The topological polar surface area (TPSA) is 120 Å². The third kappa shape index (κ3) is 6.22. The molecule has 0 radical (unpaired) electrons. The van der Waals surface area contributed by atoms with E-state index >= 15 is 0 Å². The number of primary sulfonamides is 1. The van der Waals surface area contributed by atoms with E-state index in [2.05, 4.69) is 10.6 Å². The third-order valence-corrected chi connectivity index (χ3v) is 5.56. The zero-order valence-corrected chi connectivity index (χ0v) is 18.6. The van der Waals surface area contributed by atoms with Crippen molar-refractivity contribution in [1.29, 1.82) is 0 Å². The minimum absolute atomic E-state index is 0.0352. The zero-order chi connectivity index (χ0) is 23.1. The molecule has 0 heterocycles. The van der Waals surface area contributed by atoms with Gasteiger partial charge < -0.3 is 20.1 Å². The number of sulfonamides is 1. The minimum Gasteiger partial charge on any atom is -0.493 e. The molecular formula is C23H25N3O5S. The fourth-order valence-electron chi connectivity index (χ4n) is 2.96. The Morgan fingerprint density at radius 3 is 2.25 bits per heavy atom. The van der Waals surface area contributed by atoms with E-state index in [0.717, 1.165) is 11.1 Å². The molecule has 0 spiro atoms. The molecule has 0 unspecified atom stereocenters. The molecule has 0 aliphatic carbocycles. The lowest BCUT2D eigenvalue weighted by Crippen LogP contribution is -2.21. The molecule has 168 valence electrons. The van der Waals surface area contributed by atoms with Crippen molar-refractivity contribution in [2.75, 3.05) is 24.4 Å². The second kappa shape index (κ2) is 10.2. The summed E-state index contributed by atoms with van der Waals surface area (Å²) in [5.41, 5.74) is 3.25. The zero-order valence-electron chi connectivity index (χ0n) is 17.8. The number of aryl methyl sites for hydroxylation is 1. The standard InChI is InChI=1S/C23H25N3O5S/c1-16-6-8-19(9-7-16)26-22(27)15-31-23-17(4-3-5-21(23)30-2)14-25-18-10-12-20(13-11-18)32(24,28)29/h3-13,25H,14-15H2,1-2H3,(H,26,27)(H2,24,28,29). The molecular weight excluding hydrogens is 430 g/mol. The summed E-state index contributed by atoms with van der Waals surface area (Å²) in [4.78, 5) is 12.4. The number of amides is 1. The van der Waals surface area contributed by atoms with Crippen molar-refractivity contribution in [3.8, 4) is 11.5 Å². The highest BCUT2D eigenvalue weighted by atomic mass is 32.2. The van der Waals surface area contributed by atoms with Gasteiger partial charge in [0.1, 0.15) is 0 Å². The van der Waals surface area contributed by atoms with Gasteiger partial charge in [-0.25, -0.2) is 13.6 Å². The summed E-state index contributed by atoms with van der Waals surface area (Å²) >= 11 is 0. The molecule has 0 saturated carbocycles. The number of carbonyl (C=O) groups excluding carboxylic acids is 1. The predicted octanol–water partition coefficient (Wildman–Crippen LogP) is 3.28. The summed E-state index contributed by atoms with van der Waals surface area (Å²) in [6.07, 6.45) is 0. The van der Waals surface area contributed by atoms with E-state index in [4.69, 9.17) is 14.6 Å². The lowest BCUT2D eigenvalue weighted by atomic mass is 10.1. The molecule has 0 fully saturated rings. The van der Waals surface area contributed by atoms with E-state index in [9.17, 15) is 13.2 Å². The summed E-state index contributed by atoms with van der Waals surface area (Å²) < 4.78 is 34.0. The molecule has 3 rings (SSSR count). The van der Waals surface area contributed by atoms with Gasteiger partial charge in [0, 0.05) is 23.5 Å². The molecule has 0 bridgehead atoms. The number of rotatable bonds is 9. The van der Waals surface area contributed by atoms with Crippen LogP contribution in [0.4, 0.5) is 11.4 Å². The lowest BCUT2D eigenvalue weighted by molar-refractivity contribution is -0.118. The summed E-state index contributed by atoms with van der Waals surface area (Å²) in [5.74, 6) is 0.650. The number of ether oxygens (including phenoxy) is 2. The maximum atomic E-state index is 12.3. The fraction of sp³-hybridized carbons (Fsp3) is 0.174. The van der Waals surface area contributed by atoms with Gasteiger partial charge in [-0.05, 0) is 49.4 Å². The normalized spacial score (nSPS) is 11.0. The highest BCUT2D eigenvalue weighted by Crippen LogP contribution is 2.31. The van der Waals surface area contributed by atoms with Gasteiger partial charge in [0.15, 0.2) is 18.1 Å². The van der Waals surface area contributed by atoms with E-state index in [1.807, 2.05) is 43.3 Å². The average molecular weight is 456 g/mol. The number of para-hydroxylation sites is 1. The molecule has 0 aliphatic heterocycles. The van der Waals surface area contributed by atoms with Gasteiger partial charge in [-0.1, -0.05) is 29.8 Å². The van der Waals surface area contributed by atoms with Gasteiger partial charge in [-0.3, -0.25) is 4.79 Å². The fourth-order valence-corrected chi connectivity index (χ4v) is 3.47. The second-order valence-electron chi connectivity index (χ2n) is 7.07. The maximum Gasteiger partial charge on any atom is 0.262 e. The van der Waals surface area contributed by atoms with Crippen molar-refractivity contribution < 1.29 is 22.7 Å². The monoisotopic (exact) mass is 455 g/mol. The minimum atomic E-state index is -3.74. The first-order chi connectivity index (χ1) is 15.3. The Hall–Kier alpha value is -3.56. The molecule has 9 heteroatoms. The smallest absolute Gasteiger partial charge is 0.262 e. The van der Waals surface area contributed by atoms with E-state index in [0.29, 0.717) is 29.4 Å². The first-order valence-corrected chi connectivity index (χ1v) is 11.3. The Kier molecular flexibility index (Phi) is 7.34. The molecule has 0 atom stereocenters. The van der Waals surface area contributed by atoms with Gasteiger partial charge in [0.05, 0.1) is 12.0 Å². The number of benzene rings is 3. The quantitative estimate of drug-likeness (QED) is 0.455. The number of methoxy groups -OCH3 is 1. The number of nitrogens with one attached hydrogen (secondary N) is 2. The Labute approximate surface area is 187 Å². The highest BCUT2D eigenvalue weighted by Gasteiger charge is 2.13. The van der Waals surface area contributed by atoms with E-state index in [-0.39, 0.29) is 17.4 Å². The van der Waals surface area contributed by atoms with Crippen molar-refractivity contribution in [3.05, 3.63) is 77.9 Å². The number of anilines is 2. The summed E-state index contributed by atoms with van der Waals surface area (Å²) in [7, 11) is -2.22. The molecule has 3 aromatic carbocycles. The van der Waals surface area contributed by atoms with Crippen molar-refractivity contribution in [3.63, 3.8) is 0 Å². The van der Waals surface area contributed by atoms with Gasteiger partial charge in [-0.15, -0.1) is 0 Å². The van der Waals surface area contributed by atoms with Crippen LogP contribution >= 0.6 is 0 Å². The largest absolute Gasteiger partial charge is 0.493 e. The Bertz CT molecular complexity index is 1180. The number of hydrogen-bond donors (Lipinski definition) is 3. The highest BCUT2D eigenvalue weighted by molar-refractivity contribution is 7.89. The molecule has 32 heavy (non-hydrogen) atoms. The van der Waals surface area contributed by atoms with Crippen LogP contribution in [0.1, 0.15) is 11.1 Å². The van der Waals surface area contributed by atoms with Crippen LogP contribution in [-0.4, -0.2) is 28.0 Å². The van der Waals surface area contributed by atoms with Gasteiger partial charge >= 0.3 is 0 Å². The first-order valence-electron chi connectivity index (χ1n) is 9.78. The summed E-state index contributed by atoms with van der Waals surface area (Å²) in [6.45, 7) is 2.14. The molecule has 3 aromatic rings. The van der Waals surface area contributed by atoms with Gasteiger partial charge in [0.2, 0.25) is 10.0 Å². The van der Waals surface area contributed by atoms with Crippen LogP contribution in [0, 0.1) is 6.92 Å². The van der Waals surface area contributed by atoms with Crippen LogP contribution in [-0.2, 0) is 21.4 Å². The number of carbonyl (C=O) groups is 1. The number of hydrogen-bond acceptors (Lipinski definition) is 6. The van der Waals surface area contributed by atoms with Crippen LogP contribution in [0.5, 0.6) is 11.5 Å². The third-order valence-electron chi connectivity index (χ3n) is 4.63. The van der Waals surface area contributed by atoms with Crippen LogP contribution < -0.4 is 25.2 Å². The first kappa shape index (κ1) is 23.1. The van der Waals surface area contributed by atoms with Crippen LogP contribution in [0.15, 0.2) is 71.6 Å². The molecule has 0 aliphatic rings. The Morgan fingerprint density at radius 1 is 0.969 bits per heavy atom. The molecule has 0 aromatic heterocycles. The van der Waals surface area contributed by atoms with E-state index in [1.54, 1.807) is 18.2 Å². The molecule has 4 N–H and O–H groups in total. The van der Waals surface area contributed by atoms with E-state index in [1.165, 1.54) is 19.2 Å². The molecule has 8 nitrogen and oxygen atoms in total. The lowest BCUT2D eigenvalue weighted by Gasteiger charge is -2.16.